The summed E-state index contributed by atoms with van der Waals surface area (Å²) in [5.41, 5.74) is 2.81. The first-order chi connectivity index (χ1) is 15.5. The van der Waals surface area contributed by atoms with Gasteiger partial charge in [0.2, 0.25) is 5.91 Å². The molecule has 3 rings (SSSR count). The molecule has 0 fully saturated rings. The average molecular weight is 453 g/mol. The van der Waals surface area contributed by atoms with E-state index in [0.717, 1.165) is 22.9 Å². The Balaban J connectivity index is 1.48. The summed E-state index contributed by atoms with van der Waals surface area (Å²) in [5, 5.41) is 8.85. The van der Waals surface area contributed by atoms with E-state index in [0.29, 0.717) is 30.1 Å². The first-order valence-electron chi connectivity index (χ1n) is 10.5. The highest BCUT2D eigenvalue weighted by molar-refractivity contribution is 7.09. The van der Waals surface area contributed by atoms with Gasteiger partial charge in [0.1, 0.15) is 5.75 Å². The number of amides is 2. The normalized spacial score (nSPS) is 10.8. The third-order valence-electron chi connectivity index (χ3n) is 4.60. The molecule has 3 aromatic rings. The van der Waals surface area contributed by atoms with Gasteiger partial charge in [0.15, 0.2) is 0 Å². The molecule has 2 N–H and O–H groups in total. The van der Waals surface area contributed by atoms with Crippen LogP contribution in [0.25, 0.3) is 0 Å². The molecule has 0 unspecified atom stereocenters. The number of thiazole rings is 1. The van der Waals surface area contributed by atoms with Gasteiger partial charge in [-0.15, -0.1) is 11.3 Å². The Labute approximate surface area is 192 Å². The van der Waals surface area contributed by atoms with Crippen LogP contribution in [0, 0.1) is 0 Å². The van der Waals surface area contributed by atoms with Crippen molar-refractivity contribution in [3.05, 3.63) is 70.2 Å². The van der Waals surface area contributed by atoms with E-state index in [-0.39, 0.29) is 18.4 Å². The molecule has 0 spiro atoms. The molecule has 0 aliphatic heterocycles. The minimum atomic E-state index is -0.221. The molecule has 1 aromatic heterocycles. The first kappa shape index (κ1) is 23.4. The predicted molar refractivity (Wildman–Crippen MR) is 128 cm³/mol. The standard InChI is InChI=1S/C24H28N4O3S/c1-4-23-26-20(16-32-23)14-28(3)15-22(29)25-18-8-6-17(7-9-18)24(30)27-19-10-12-21(13-11-19)31-5-2/h6-13,16H,4-5,14-15H2,1-3H3,(H,25,29)(H,27,30). The SMILES string of the molecule is CCOc1ccc(NC(=O)c2ccc(NC(=O)CN(C)Cc3csc(CC)n3)cc2)cc1. The van der Waals surface area contributed by atoms with E-state index in [2.05, 4.69) is 22.5 Å². The van der Waals surface area contributed by atoms with Gasteiger partial charge in [0, 0.05) is 28.9 Å². The summed E-state index contributed by atoms with van der Waals surface area (Å²) < 4.78 is 5.40. The van der Waals surface area contributed by atoms with Crippen molar-refractivity contribution in [2.75, 3.05) is 30.8 Å². The van der Waals surface area contributed by atoms with E-state index >= 15 is 0 Å². The molecule has 0 aliphatic rings. The number of nitrogens with one attached hydrogen (secondary N) is 2. The number of carbonyl (C=O) groups excluding carboxylic acids is 2. The number of benzene rings is 2. The molecule has 0 aliphatic carbocycles. The lowest BCUT2D eigenvalue weighted by molar-refractivity contribution is -0.117. The van der Waals surface area contributed by atoms with Gasteiger partial charge in [-0.05, 0) is 68.9 Å². The minimum absolute atomic E-state index is 0.120. The number of aryl methyl sites for hydroxylation is 1. The molecular formula is C24H28N4O3S. The van der Waals surface area contributed by atoms with Crippen LogP contribution in [0.15, 0.2) is 53.9 Å². The van der Waals surface area contributed by atoms with Crippen molar-refractivity contribution >= 4 is 34.5 Å². The Hall–Kier alpha value is -3.23. The highest BCUT2D eigenvalue weighted by Crippen LogP contribution is 2.17. The van der Waals surface area contributed by atoms with E-state index in [1.165, 1.54) is 0 Å². The molecule has 8 heteroatoms. The Bertz CT molecular complexity index is 1030. The maximum absolute atomic E-state index is 12.5. The Morgan fingerprint density at radius 1 is 1.00 bits per heavy atom. The monoisotopic (exact) mass is 452 g/mol. The summed E-state index contributed by atoms with van der Waals surface area (Å²) in [6.07, 6.45) is 0.920. The van der Waals surface area contributed by atoms with Crippen LogP contribution in [-0.4, -0.2) is 41.9 Å². The molecule has 1 heterocycles. The molecule has 32 heavy (non-hydrogen) atoms. The van der Waals surface area contributed by atoms with Crippen LogP contribution in [0.3, 0.4) is 0 Å². The second-order valence-corrected chi connectivity index (χ2v) is 8.24. The van der Waals surface area contributed by atoms with Crippen molar-refractivity contribution in [1.82, 2.24) is 9.88 Å². The fraction of sp³-hybridized carbons (Fsp3) is 0.292. The maximum atomic E-state index is 12.5. The van der Waals surface area contributed by atoms with E-state index < -0.39 is 0 Å². The Morgan fingerprint density at radius 2 is 1.66 bits per heavy atom. The number of likely N-dealkylation sites (N-methyl/N-ethyl adjacent to an activating group) is 1. The summed E-state index contributed by atoms with van der Waals surface area (Å²) in [6, 6.07) is 14.0. The van der Waals surface area contributed by atoms with Crippen LogP contribution in [0.2, 0.25) is 0 Å². The van der Waals surface area contributed by atoms with Gasteiger partial charge in [-0.2, -0.15) is 0 Å². The largest absolute Gasteiger partial charge is 0.494 e. The molecule has 0 saturated carbocycles. The van der Waals surface area contributed by atoms with Gasteiger partial charge in [-0.25, -0.2) is 4.98 Å². The molecule has 7 nitrogen and oxygen atoms in total. The van der Waals surface area contributed by atoms with Gasteiger partial charge < -0.3 is 15.4 Å². The predicted octanol–water partition coefficient (Wildman–Crippen LogP) is 4.43. The van der Waals surface area contributed by atoms with Crippen LogP contribution in [0.1, 0.15) is 34.9 Å². The maximum Gasteiger partial charge on any atom is 0.255 e. The number of hydrogen-bond donors (Lipinski definition) is 2. The fourth-order valence-electron chi connectivity index (χ4n) is 3.07. The quantitative estimate of drug-likeness (QED) is 0.476. The lowest BCUT2D eigenvalue weighted by Crippen LogP contribution is -2.30. The van der Waals surface area contributed by atoms with Crippen molar-refractivity contribution in [2.45, 2.75) is 26.8 Å². The minimum Gasteiger partial charge on any atom is -0.494 e. The zero-order valence-electron chi connectivity index (χ0n) is 18.6. The van der Waals surface area contributed by atoms with Gasteiger partial charge in [0.25, 0.3) is 5.91 Å². The molecule has 0 radical (unpaired) electrons. The van der Waals surface area contributed by atoms with Gasteiger partial charge in [0.05, 0.1) is 23.9 Å². The first-order valence-corrected chi connectivity index (χ1v) is 11.4. The topological polar surface area (TPSA) is 83.6 Å². The zero-order valence-corrected chi connectivity index (χ0v) is 19.4. The highest BCUT2D eigenvalue weighted by Gasteiger charge is 2.11. The van der Waals surface area contributed by atoms with E-state index in [4.69, 9.17) is 4.74 Å². The number of rotatable bonds is 10. The van der Waals surface area contributed by atoms with E-state index in [1.54, 1.807) is 47.7 Å². The van der Waals surface area contributed by atoms with Crippen molar-refractivity contribution in [2.24, 2.45) is 0 Å². The number of anilines is 2. The van der Waals surface area contributed by atoms with Crippen LogP contribution in [0.5, 0.6) is 5.75 Å². The zero-order chi connectivity index (χ0) is 22.9. The lowest BCUT2D eigenvalue weighted by Gasteiger charge is -2.15. The van der Waals surface area contributed by atoms with Crippen LogP contribution < -0.4 is 15.4 Å². The van der Waals surface area contributed by atoms with Crippen LogP contribution in [0.4, 0.5) is 11.4 Å². The van der Waals surface area contributed by atoms with Gasteiger partial charge >= 0.3 is 0 Å². The molecular weight excluding hydrogens is 424 g/mol. The van der Waals surface area contributed by atoms with E-state index in [1.807, 2.05) is 36.4 Å². The Morgan fingerprint density at radius 3 is 2.28 bits per heavy atom. The molecule has 0 atom stereocenters. The fourth-order valence-corrected chi connectivity index (χ4v) is 3.81. The van der Waals surface area contributed by atoms with Crippen molar-refractivity contribution in [3.63, 3.8) is 0 Å². The second kappa shape index (κ2) is 11.4. The number of carbonyl (C=O) groups is 2. The van der Waals surface area contributed by atoms with Crippen LogP contribution >= 0.6 is 11.3 Å². The van der Waals surface area contributed by atoms with Crippen molar-refractivity contribution in [3.8, 4) is 5.75 Å². The molecule has 2 amide bonds. The number of hydrogen-bond acceptors (Lipinski definition) is 6. The molecule has 168 valence electrons. The van der Waals surface area contributed by atoms with Crippen molar-refractivity contribution in [1.29, 1.82) is 0 Å². The lowest BCUT2D eigenvalue weighted by atomic mass is 10.2. The average Bonchev–Trinajstić information content (AvgIpc) is 3.23. The van der Waals surface area contributed by atoms with Crippen molar-refractivity contribution < 1.29 is 14.3 Å². The number of aromatic nitrogens is 1. The van der Waals surface area contributed by atoms with E-state index in [9.17, 15) is 9.59 Å². The smallest absolute Gasteiger partial charge is 0.255 e. The summed E-state index contributed by atoms with van der Waals surface area (Å²) in [7, 11) is 1.89. The molecule has 0 saturated heterocycles. The van der Waals surface area contributed by atoms with Crippen LogP contribution in [-0.2, 0) is 17.8 Å². The third kappa shape index (κ3) is 6.90. The highest BCUT2D eigenvalue weighted by atomic mass is 32.1. The molecule has 2 aromatic carbocycles. The number of nitrogens with zero attached hydrogens (tertiary/aromatic N) is 2. The van der Waals surface area contributed by atoms with Gasteiger partial charge in [-0.1, -0.05) is 6.92 Å². The third-order valence-corrected chi connectivity index (χ3v) is 5.64. The summed E-state index contributed by atoms with van der Waals surface area (Å²) in [5.74, 6) is 0.417. The summed E-state index contributed by atoms with van der Waals surface area (Å²) in [4.78, 5) is 31.3. The molecule has 0 bridgehead atoms. The van der Waals surface area contributed by atoms with Gasteiger partial charge in [-0.3, -0.25) is 14.5 Å². The Kier molecular flexibility index (Phi) is 8.35. The summed E-state index contributed by atoms with van der Waals surface area (Å²) >= 11 is 1.64. The summed E-state index contributed by atoms with van der Waals surface area (Å²) in [6.45, 7) is 5.46. The second-order valence-electron chi connectivity index (χ2n) is 7.30. The number of ether oxygens (including phenoxy) is 1.